The largest absolute Gasteiger partial charge is 0.494 e. The number of nitrogens with one attached hydrogen (secondary N) is 2. The second-order valence-electron chi connectivity index (χ2n) is 6.98. The van der Waals surface area contributed by atoms with Crippen LogP contribution in [0.5, 0.6) is 5.75 Å². The molecule has 2 amide bonds. The van der Waals surface area contributed by atoms with Crippen LogP contribution in [0.4, 0.5) is 5.69 Å². The molecule has 0 radical (unpaired) electrons. The molecule has 0 aromatic heterocycles. The average Bonchev–Trinajstić information content (AvgIpc) is 2.78. The standard InChI is InChI=1S/C25H26N2O3/c1-3-17-30-21-15-13-20(14-16-21)24(28)27-23-12-8-7-11-22(23)25(29)26-18(2)19-9-5-4-6-10-19/h4-16,18H,3,17H2,1-2H3,(H,26,29)(H,27,28)/t18-/m0/s1. The van der Waals surface area contributed by atoms with Crippen molar-refractivity contribution in [3.05, 3.63) is 95.6 Å². The van der Waals surface area contributed by atoms with Gasteiger partial charge in [0.2, 0.25) is 0 Å². The molecule has 0 unspecified atom stereocenters. The molecule has 0 spiro atoms. The number of carbonyl (C=O) groups is 2. The number of para-hydroxylation sites is 1. The van der Waals surface area contributed by atoms with Crippen LogP contribution in [-0.4, -0.2) is 18.4 Å². The molecule has 2 N–H and O–H groups in total. The summed E-state index contributed by atoms with van der Waals surface area (Å²) in [6, 6.07) is 23.5. The molecule has 1 atom stereocenters. The Bertz CT molecular complexity index is 985. The van der Waals surface area contributed by atoms with Gasteiger partial charge in [-0.3, -0.25) is 9.59 Å². The van der Waals surface area contributed by atoms with Gasteiger partial charge in [-0.2, -0.15) is 0 Å². The summed E-state index contributed by atoms with van der Waals surface area (Å²) in [6.07, 6.45) is 0.921. The molecule has 0 aliphatic heterocycles. The minimum atomic E-state index is -0.284. The predicted molar refractivity (Wildman–Crippen MR) is 119 cm³/mol. The number of ether oxygens (including phenoxy) is 1. The van der Waals surface area contributed by atoms with Crippen LogP contribution in [0.1, 0.15) is 52.6 Å². The summed E-state index contributed by atoms with van der Waals surface area (Å²) in [4.78, 5) is 25.5. The molecule has 0 heterocycles. The van der Waals surface area contributed by atoms with Crippen molar-refractivity contribution in [2.45, 2.75) is 26.3 Å². The van der Waals surface area contributed by atoms with E-state index >= 15 is 0 Å². The Morgan fingerprint density at radius 2 is 1.53 bits per heavy atom. The first kappa shape index (κ1) is 21.1. The lowest BCUT2D eigenvalue weighted by molar-refractivity contribution is 0.0941. The summed E-state index contributed by atoms with van der Waals surface area (Å²) in [5.74, 6) is 0.196. The van der Waals surface area contributed by atoms with Crippen LogP contribution >= 0.6 is 0 Å². The minimum absolute atomic E-state index is 0.155. The van der Waals surface area contributed by atoms with Crippen LogP contribution in [0.3, 0.4) is 0 Å². The molecule has 5 heteroatoms. The van der Waals surface area contributed by atoms with Crippen molar-refractivity contribution >= 4 is 17.5 Å². The maximum absolute atomic E-state index is 12.8. The lowest BCUT2D eigenvalue weighted by Gasteiger charge is -2.16. The maximum Gasteiger partial charge on any atom is 0.255 e. The zero-order valence-electron chi connectivity index (χ0n) is 17.2. The summed E-state index contributed by atoms with van der Waals surface area (Å²) in [7, 11) is 0. The van der Waals surface area contributed by atoms with Crippen molar-refractivity contribution < 1.29 is 14.3 Å². The number of rotatable bonds is 8. The second-order valence-corrected chi connectivity index (χ2v) is 6.98. The van der Waals surface area contributed by atoms with Crippen LogP contribution < -0.4 is 15.4 Å². The summed E-state index contributed by atoms with van der Waals surface area (Å²) in [5, 5.41) is 5.83. The number of hydrogen-bond acceptors (Lipinski definition) is 3. The Balaban J connectivity index is 1.70. The van der Waals surface area contributed by atoms with Crippen LogP contribution in [0.15, 0.2) is 78.9 Å². The molecule has 3 rings (SSSR count). The van der Waals surface area contributed by atoms with Gasteiger partial charge in [0.05, 0.1) is 23.9 Å². The normalized spacial score (nSPS) is 11.4. The lowest BCUT2D eigenvalue weighted by Crippen LogP contribution is -2.28. The van der Waals surface area contributed by atoms with E-state index in [0.29, 0.717) is 23.4 Å². The highest BCUT2D eigenvalue weighted by Gasteiger charge is 2.16. The molecular weight excluding hydrogens is 376 g/mol. The SMILES string of the molecule is CCCOc1ccc(C(=O)Nc2ccccc2C(=O)N[C@@H](C)c2ccccc2)cc1. The molecule has 30 heavy (non-hydrogen) atoms. The van der Waals surface area contributed by atoms with E-state index in [1.165, 1.54) is 0 Å². The molecule has 0 aliphatic carbocycles. The van der Waals surface area contributed by atoms with E-state index in [-0.39, 0.29) is 17.9 Å². The Hall–Kier alpha value is -3.60. The Morgan fingerprint density at radius 1 is 0.867 bits per heavy atom. The maximum atomic E-state index is 12.8. The second kappa shape index (κ2) is 10.3. The number of anilines is 1. The third kappa shape index (κ3) is 5.47. The van der Waals surface area contributed by atoms with Gasteiger partial charge in [-0.15, -0.1) is 0 Å². The van der Waals surface area contributed by atoms with Crippen LogP contribution in [-0.2, 0) is 0 Å². The van der Waals surface area contributed by atoms with E-state index in [1.54, 1.807) is 48.5 Å². The van der Waals surface area contributed by atoms with Gasteiger partial charge in [0.15, 0.2) is 0 Å². The Morgan fingerprint density at radius 3 is 2.23 bits per heavy atom. The van der Waals surface area contributed by atoms with Gasteiger partial charge in [0.25, 0.3) is 11.8 Å². The van der Waals surface area contributed by atoms with Crippen molar-refractivity contribution in [1.29, 1.82) is 0 Å². The van der Waals surface area contributed by atoms with Crippen LogP contribution in [0.2, 0.25) is 0 Å². The number of benzene rings is 3. The zero-order valence-corrected chi connectivity index (χ0v) is 17.2. The fourth-order valence-electron chi connectivity index (χ4n) is 3.01. The zero-order chi connectivity index (χ0) is 21.3. The third-order valence-electron chi connectivity index (χ3n) is 4.66. The van der Waals surface area contributed by atoms with Crippen LogP contribution in [0.25, 0.3) is 0 Å². The van der Waals surface area contributed by atoms with Gasteiger partial charge < -0.3 is 15.4 Å². The van der Waals surface area contributed by atoms with Gasteiger partial charge in [-0.1, -0.05) is 49.4 Å². The van der Waals surface area contributed by atoms with E-state index < -0.39 is 0 Å². The molecule has 0 fully saturated rings. The summed E-state index contributed by atoms with van der Waals surface area (Å²) in [5.41, 5.74) is 2.38. The van der Waals surface area contributed by atoms with Crippen molar-refractivity contribution in [3.63, 3.8) is 0 Å². The molecular formula is C25H26N2O3. The number of hydrogen-bond donors (Lipinski definition) is 2. The summed E-state index contributed by atoms with van der Waals surface area (Å²) < 4.78 is 5.55. The quantitative estimate of drug-likeness (QED) is 0.543. The van der Waals surface area contributed by atoms with Crippen molar-refractivity contribution in [2.75, 3.05) is 11.9 Å². The first-order valence-electron chi connectivity index (χ1n) is 10.1. The molecule has 0 bridgehead atoms. The van der Waals surface area contributed by atoms with Crippen molar-refractivity contribution in [2.24, 2.45) is 0 Å². The highest BCUT2D eigenvalue weighted by Crippen LogP contribution is 2.20. The number of amides is 2. The molecule has 0 aliphatic rings. The molecule has 0 saturated carbocycles. The van der Waals surface area contributed by atoms with Gasteiger partial charge in [0.1, 0.15) is 5.75 Å². The molecule has 0 saturated heterocycles. The first-order valence-corrected chi connectivity index (χ1v) is 10.1. The lowest BCUT2D eigenvalue weighted by atomic mass is 10.1. The molecule has 3 aromatic rings. The monoisotopic (exact) mass is 402 g/mol. The first-order chi connectivity index (χ1) is 14.6. The van der Waals surface area contributed by atoms with Gasteiger partial charge in [-0.25, -0.2) is 0 Å². The van der Waals surface area contributed by atoms with Crippen LogP contribution in [0, 0.1) is 0 Å². The Kier molecular flexibility index (Phi) is 7.22. The van der Waals surface area contributed by atoms with E-state index in [4.69, 9.17) is 4.74 Å². The third-order valence-corrected chi connectivity index (χ3v) is 4.66. The van der Waals surface area contributed by atoms with Gasteiger partial charge >= 0.3 is 0 Å². The number of carbonyl (C=O) groups excluding carboxylic acids is 2. The van der Waals surface area contributed by atoms with E-state index in [1.807, 2.05) is 44.2 Å². The Labute approximate surface area is 177 Å². The van der Waals surface area contributed by atoms with Gasteiger partial charge in [-0.05, 0) is 55.3 Å². The van der Waals surface area contributed by atoms with E-state index in [0.717, 1.165) is 17.7 Å². The van der Waals surface area contributed by atoms with Crippen molar-refractivity contribution in [3.8, 4) is 5.75 Å². The van der Waals surface area contributed by atoms with E-state index in [9.17, 15) is 9.59 Å². The molecule has 5 nitrogen and oxygen atoms in total. The fourth-order valence-corrected chi connectivity index (χ4v) is 3.01. The fraction of sp³-hybridized carbons (Fsp3) is 0.200. The highest BCUT2D eigenvalue weighted by molar-refractivity contribution is 6.09. The topological polar surface area (TPSA) is 67.4 Å². The van der Waals surface area contributed by atoms with E-state index in [2.05, 4.69) is 10.6 Å². The highest BCUT2D eigenvalue weighted by atomic mass is 16.5. The molecule has 3 aromatic carbocycles. The van der Waals surface area contributed by atoms with Gasteiger partial charge in [0, 0.05) is 5.56 Å². The van der Waals surface area contributed by atoms with Crippen molar-refractivity contribution in [1.82, 2.24) is 5.32 Å². The summed E-state index contributed by atoms with van der Waals surface area (Å²) >= 11 is 0. The smallest absolute Gasteiger partial charge is 0.255 e. The predicted octanol–water partition coefficient (Wildman–Crippen LogP) is 5.22. The average molecular weight is 402 g/mol. The minimum Gasteiger partial charge on any atom is -0.494 e. The summed E-state index contributed by atoms with van der Waals surface area (Å²) in [6.45, 7) is 4.60. The molecule has 154 valence electrons.